The molecule has 0 spiro atoms. The second-order valence-corrected chi connectivity index (χ2v) is 7.56. The first kappa shape index (κ1) is 14.3. The highest BCUT2D eigenvalue weighted by molar-refractivity contribution is 7.84. The molecule has 1 unspecified atom stereocenters. The van der Waals surface area contributed by atoms with E-state index in [4.69, 9.17) is 9.56 Å². The minimum atomic E-state index is -1.29. The molecule has 0 saturated carbocycles. The van der Waals surface area contributed by atoms with Gasteiger partial charge in [-0.2, -0.15) is 0 Å². The van der Waals surface area contributed by atoms with Gasteiger partial charge in [0.25, 0.3) is 0 Å². The average Bonchev–Trinajstić information content (AvgIpc) is 2.74. The Morgan fingerprint density at radius 3 is 2.79 bits per heavy atom. The van der Waals surface area contributed by atoms with Gasteiger partial charge in [0.15, 0.2) is 0 Å². The molecule has 3 nitrogen and oxygen atoms in total. The van der Waals surface area contributed by atoms with Gasteiger partial charge in [-0.15, -0.1) is 0 Å². The topological polar surface area (TPSA) is 56.2 Å². The second-order valence-electron chi connectivity index (χ2n) is 5.86. The molecule has 0 aliphatic heterocycles. The molecule has 2 rings (SSSR count). The van der Waals surface area contributed by atoms with Crippen LogP contribution in [0.5, 0.6) is 0 Å². The van der Waals surface area contributed by atoms with E-state index in [-0.39, 0.29) is 4.75 Å². The van der Waals surface area contributed by atoms with Crippen molar-refractivity contribution in [3.8, 4) is 0 Å². The van der Waals surface area contributed by atoms with Crippen LogP contribution in [0.15, 0.2) is 34.9 Å². The molecule has 104 valence electrons. The molecule has 4 heteroatoms. The molecular formula is C15H21NO2S. The zero-order chi connectivity index (χ0) is 14.0. The maximum Gasteiger partial charge on any atom is 0.134 e. The maximum absolute atomic E-state index is 11.5. The number of rotatable bonds is 5. The minimum absolute atomic E-state index is 0.339. The van der Waals surface area contributed by atoms with Gasteiger partial charge < -0.3 is 4.42 Å². The lowest BCUT2D eigenvalue weighted by molar-refractivity contribution is 0.455. The molecule has 0 aliphatic carbocycles. The van der Waals surface area contributed by atoms with E-state index in [1.165, 1.54) is 5.56 Å². The van der Waals surface area contributed by atoms with Crippen LogP contribution in [0.2, 0.25) is 0 Å². The quantitative estimate of drug-likeness (QED) is 0.912. The number of fused-ring (bicyclic) bond motifs is 1. The molecule has 0 saturated heterocycles. The molecule has 2 aromatic rings. The summed E-state index contributed by atoms with van der Waals surface area (Å²) in [5.41, 5.74) is 2.17. The van der Waals surface area contributed by atoms with E-state index in [2.05, 4.69) is 25.1 Å². The van der Waals surface area contributed by atoms with E-state index >= 15 is 0 Å². The fraction of sp³-hybridized carbons (Fsp3) is 0.467. The van der Waals surface area contributed by atoms with Crippen LogP contribution >= 0.6 is 0 Å². The lowest BCUT2D eigenvalue weighted by Crippen LogP contribution is -2.34. The summed E-state index contributed by atoms with van der Waals surface area (Å²) in [4.78, 5) is 0. The van der Waals surface area contributed by atoms with E-state index in [1.54, 1.807) is 6.26 Å². The van der Waals surface area contributed by atoms with Gasteiger partial charge in [-0.3, -0.25) is 5.14 Å². The lowest BCUT2D eigenvalue weighted by atomic mass is 9.92. The molecule has 0 aliphatic rings. The summed E-state index contributed by atoms with van der Waals surface area (Å²) in [5.74, 6) is 0.426. The highest BCUT2D eigenvalue weighted by atomic mass is 32.2. The van der Waals surface area contributed by atoms with Crippen LogP contribution in [0.1, 0.15) is 32.8 Å². The third kappa shape index (κ3) is 3.45. The highest BCUT2D eigenvalue weighted by Gasteiger charge is 2.26. The zero-order valence-corrected chi connectivity index (χ0v) is 12.5. The summed E-state index contributed by atoms with van der Waals surface area (Å²) in [6.45, 7) is 6.08. The molecule has 1 aromatic carbocycles. The van der Waals surface area contributed by atoms with Crippen LogP contribution < -0.4 is 5.14 Å². The van der Waals surface area contributed by atoms with Gasteiger partial charge in [-0.1, -0.05) is 19.1 Å². The van der Waals surface area contributed by atoms with Crippen LogP contribution in [0.25, 0.3) is 11.0 Å². The molecule has 19 heavy (non-hydrogen) atoms. The van der Waals surface area contributed by atoms with E-state index in [9.17, 15) is 4.21 Å². The smallest absolute Gasteiger partial charge is 0.134 e. The minimum Gasteiger partial charge on any atom is -0.464 e. The number of nitrogens with two attached hydrogens (primary N) is 1. The number of hydrogen-bond acceptors (Lipinski definition) is 2. The van der Waals surface area contributed by atoms with Gasteiger partial charge in [0.05, 0.1) is 22.0 Å². The van der Waals surface area contributed by atoms with Crippen molar-refractivity contribution in [1.29, 1.82) is 0 Å². The first-order chi connectivity index (χ1) is 8.88. The third-order valence-electron chi connectivity index (χ3n) is 3.49. The van der Waals surface area contributed by atoms with Gasteiger partial charge in [-0.05, 0) is 50.3 Å². The van der Waals surface area contributed by atoms with Crippen molar-refractivity contribution in [2.45, 2.75) is 38.4 Å². The summed E-state index contributed by atoms with van der Waals surface area (Å²) >= 11 is 0. The van der Waals surface area contributed by atoms with E-state index in [0.29, 0.717) is 5.92 Å². The summed E-state index contributed by atoms with van der Waals surface area (Å²) in [7, 11) is -1.29. The molecular weight excluding hydrogens is 258 g/mol. The molecule has 1 aromatic heterocycles. The van der Waals surface area contributed by atoms with Crippen LogP contribution in [0, 0.1) is 5.92 Å². The van der Waals surface area contributed by atoms with Gasteiger partial charge >= 0.3 is 0 Å². The largest absolute Gasteiger partial charge is 0.464 e. The Bertz CT molecular complexity index is 589. The van der Waals surface area contributed by atoms with Crippen molar-refractivity contribution in [1.82, 2.24) is 0 Å². The third-order valence-corrected chi connectivity index (χ3v) is 4.75. The van der Waals surface area contributed by atoms with Crippen LogP contribution in [-0.2, 0) is 17.4 Å². The number of hydrogen-bond donors (Lipinski definition) is 1. The van der Waals surface area contributed by atoms with Crippen molar-refractivity contribution in [3.63, 3.8) is 0 Å². The van der Waals surface area contributed by atoms with Crippen LogP contribution in [-0.4, -0.2) is 8.96 Å². The maximum atomic E-state index is 11.5. The Hall–Kier alpha value is -1.13. The van der Waals surface area contributed by atoms with Crippen LogP contribution in [0.3, 0.4) is 0 Å². The lowest BCUT2D eigenvalue weighted by Gasteiger charge is -2.25. The van der Waals surface area contributed by atoms with Gasteiger partial charge in [0.2, 0.25) is 0 Å². The van der Waals surface area contributed by atoms with E-state index in [0.717, 1.165) is 23.8 Å². The summed E-state index contributed by atoms with van der Waals surface area (Å²) in [5, 5.41) is 6.65. The normalized spacial score (nSPS) is 15.6. The second kappa shape index (κ2) is 5.47. The molecule has 1 heterocycles. The van der Waals surface area contributed by atoms with Crippen molar-refractivity contribution in [3.05, 3.63) is 36.1 Å². The Kier molecular flexibility index (Phi) is 4.11. The Labute approximate surface area is 116 Å². The standard InChI is InChI=1S/C15H21NO2S/c1-11(10-15(2,3)19(16)17)8-12-4-5-13-6-7-18-14(13)9-12/h4-7,9,11H,8,10,16H2,1-3H3/t11-,19?/m0/s1. The van der Waals surface area contributed by atoms with Gasteiger partial charge in [-0.25, -0.2) is 4.21 Å². The average molecular weight is 279 g/mol. The Balaban J connectivity index is 2.06. The molecule has 2 N–H and O–H groups in total. The summed E-state index contributed by atoms with van der Waals surface area (Å²) in [6.07, 6.45) is 3.49. The van der Waals surface area contributed by atoms with Crippen molar-refractivity contribution < 1.29 is 8.63 Å². The molecule has 0 radical (unpaired) electrons. The molecule has 0 amide bonds. The number of furan rings is 1. The molecule has 0 fully saturated rings. The van der Waals surface area contributed by atoms with E-state index in [1.807, 2.05) is 19.9 Å². The predicted molar refractivity (Wildman–Crippen MR) is 80.1 cm³/mol. The number of benzene rings is 1. The first-order valence-electron chi connectivity index (χ1n) is 6.51. The van der Waals surface area contributed by atoms with Gasteiger partial charge in [0, 0.05) is 5.39 Å². The highest BCUT2D eigenvalue weighted by Crippen LogP contribution is 2.25. The summed E-state index contributed by atoms with van der Waals surface area (Å²) in [6, 6.07) is 8.25. The van der Waals surface area contributed by atoms with Crippen molar-refractivity contribution in [2.75, 3.05) is 0 Å². The fourth-order valence-corrected chi connectivity index (χ4v) is 2.97. The van der Waals surface area contributed by atoms with E-state index < -0.39 is 11.0 Å². The Morgan fingerprint density at radius 2 is 2.11 bits per heavy atom. The molecule has 2 atom stereocenters. The predicted octanol–water partition coefficient (Wildman–Crippen LogP) is 3.40. The van der Waals surface area contributed by atoms with Gasteiger partial charge in [0.1, 0.15) is 5.58 Å². The van der Waals surface area contributed by atoms with Crippen molar-refractivity contribution >= 4 is 22.0 Å². The monoisotopic (exact) mass is 279 g/mol. The van der Waals surface area contributed by atoms with Crippen LogP contribution in [0.4, 0.5) is 0 Å². The first-order valence-corrected chi connectivity index (χ1v) is 7.72. The fourth-order valence-electron chi connectivity index (χ4n) is 2.52. The van der Waals surface area contributed by atoms with Crippen molar-refractivity contribution in [2.24, 2.45) is 11.1 Å². The SMILES string of the molecule is C[C@@H](Cc1ccc2ccoc2c1)CC(C)(C)S(N)=O. The Morgan fingerprint density at radius 1 is 1.37 bits per heavy atom. The molecule has 0 bridgehead atoms. The summed E-state index contributed by atoms with van der Waals surface area (Å²) < 4.78 is 16.5. The zero-order valence-electron chi connectivity index (χ0n) is 11.7.